The topological polar surface area (TPSA) is 75.7 Å². The molecule has 27 heavy (non-hydrogen) atoms. The van der Waals surface area contributed by atoms with Crippen LogP contribution >= 0.6 is 11.6 Å². The highest BCUT2D eigenvalue weighted by molar-refractivity contribution is 7.95. The van der Waals surface area contributed by atoms with Crippen LogP contribution in [0.1, 0.15) is 12.0 Å². The first-order valence-corrected chi connectivity index (χ1v) is 10.4. The lowest BCUT2D eigenvalue weighted by atomic mass is 10.2. The summed E-state index contributed by atoms with van der Waals surface area (Å²) >= 11 is 6.09. The second kappa shape index (κ2) is 6.14. The van der Waals surface area contributed by atoms with Gasteiger partial charge in [-0.1, -0.05) is 29.3 Å². The average molecular weight is 407 g/mol. The zero-order chi connectivity index (χ0) is 19.4. The molecule has 6 nitrogen and oxygen atoms in total. The second-order valence-corrected chi connectivity index (χ2v) is 9.49. The highest BCUT2D eigenvalue weighted by atomic mass is 35.5. The molecule has 2 atom stereocenters. The van der Waals surface area contributed by atoms with Gasteiger partial charge in [0.1, 0.15) is 5.75 Å². The molecule has 1 aliphatic heterocycles. The number of carbonyl (C=O) groups excluding carboxylic acids is 1. The molecule has 1 saturated heterocycles. The van der Waals surface area contributed by atoms with Crippen molar-refractivity contribution in [2.24, 2.45) is 5.92 Å². The van der Waals surface area contributed by atoms with Crippen molar-refractivity contribution in [3.8, 4) is 5.75 Å². The minimum absolute atomic E-state index is 0.211. The fourth-order valence-corrected chi connectivity index (χ4v) is 6.28. The molecule has 0 bridgehead atoms. The summed E-state index contributed by atoms with van der Waals surface area (Å²) in [6.07, 6.45) is 0.341. The van der Waals surface area contributed by atoms with E-state index in [1.807, 2.05) is 19.1 Å². The average Bonchev–Trinajstić information content (AvgIpc) is 3.32. The van der Waals surface area contributed by atoms with Crippen molar-refractivity contribution >= 4 is 38.9 Å². The zero-order valence-corrected chi connectivity index (χ0v) is 16.5. The Bertz CT molecular complexity index is 1020. The van der Waals surface area contributed by atoms with Crippen molar-refractivity contribution in [2.45, 2.75) is 18.1 Å². The Kier molecular flexibility index (Phi) is 4.12. The van der Waals surface area contributed by atoms with Crippen LogP contribution in [0.15, 0.2) is 42.5 Å². The lowest BCUT2D eigenvalue weighted by Crippen LogP contribution is -2.42. The molecule has 1 saturated carbocycles. The van der Waals surface area contributed by atoms with Crippen LogP contribution in [0.25, 0.3) is 0 Å². The summed E-state index contributed by atoms with van der Waals surface area (Å²) in [4.78, 5) is 12.9. The van der Waals surface area contributed by atoms with Crippen LogP contribution in [-0.2, 0) is 14.8 Å². The molecule has 1 amide bonds. The van der Waals surface area contributed by atoms with Gasteiger partial charge in [0, 0.05) is 18.2 Å². The number of nitrogens with one attached hydrogen (secondary N) is 1. The minimum Gasteiger partial charge on any atom is -0.495 e. The van der Waals surface area contributed by atoms with Crippen LogP contribution < -0.4 is 14.4 Å². The molecule has 2 fully saturated rings. The molecule has 1 heterocycles. The van der Waals surface area contributed by atoms with Crippen LogP contribution in [-0.4, -0.2) is 32.7 Å². The molecule has 0 unspecified atom stereocenters. The number of sulfonamides is 1. The van der Waals surface area contributed by atoms with E-state index >= 15 is 0 Å². The molecule has 2 aromatic carbocycles. The fourth-order valence-electron chi connectivity index (χ4n) is 3.66. The molecule has 8 heteroatoms. The van der Waals surface area contributed by atoms with Gasteiger partial charge in [0.2, 0.25) is 15.9 Å². The van der Waals surface area contributed by atoms with Gasteiger partial charge in [-0.3, -0.25) is 9.10 Å². The predicted octanol–water partition coefficient (Wildman–Crippen LogP) is 3.20. The van der Waals surface area contributed by atoms with E-state index in [0.29, 0.717) is 35.1 Å². The highest BCUT2D eigenvalue weighted by Crippen LogP contribution is 2.58. The minimum atomic E-state index is -3.80. The number of halogens is 1. The smallest absolute Gasteiger partial charge is 0.250 e. The third-order valence-corrected chi connectivity index (χ3v) is 8.14. The summed E-state index contributed by atoms with van der Waals surface area (Å²) in [7, 11) is -2.30. The number of aryl methyl sites for hydroxylation is 1. The highest BCUT2D eigenvalue weighted by Gasteiger charge is 2.75. The Morgan fingerprint density at radius 3 is 2.59 bits per heavy atom. The molecule has 2 aromatic rings. The summed E-state index contributed by atoms with van der Waals surface area (Å²) < 4.78 is 31.4. The monoisotopic (exact) mass is 406 g/mol. The normalized spacial score (nSPS) is 25.0. The Balaban J connectivity index is 1.60. The lowest BCUT2D eigenvalue weighted by molar-refractivity contribution is -0.116. The van der Waals surface area contributed by atoms with E-state index in [1.165, 1.54) is 11.4 Å². The number of methoxy groups -OCH3 is 1. The van der Waals surface area contributed by atoms with Gasteiger partial charge >= 0.3 is 0 Å². The van der Waals surface area contributed by atoms with Crippen molar-refractivity contribution in [2.75, 3.05) is 23.3 Å². The van der Waals surface area contributed by atoms with E-state index in [4.69, 9.17) is 16.3 Å². The number of ether oxygens (including phenoxy) is 1. The summed E-state index contributed by atoms with van der Waals surface area (Å²) in [5.74, 6) is -0.239. The number of hydrogen-bond donors (Lipinski definition) is 1. The molecule has 2 aliphatic rings. The first-order chi connectivity index (χ1) is 12.8. The maximum absolute atomic E-state index is 13.2. The number of fused-ring (bicyclic) bond motifs is 1. The SMILES string of the molecule is COc1ccc(NC(=O)[C@@]23C[C@H]2CN(c2ccc(C)cc2)S3(=O)=O)cc1Cl. The Hall–Kier alpha value is -2.25. The zero-order valence-electron chi connectivity index (χ0n) is 14.9. The van der Waals surface area contributed by atoms with E-state index < -0.39 is 20.7 Å². The van der Waals surface area contributed by atoms with Crippen molar-refractivity contribution in [1.82, 2.24) is 0 Å². The van der Waals surface area contributed by atoms with Gasteiger partial charge in [-0.05, 0) is 43.7 Å². The quantitative estimate of drug-likeness (QED) is 0.845. The van der Waals surface area contributed by atoms with Gasteiger partial charge in [-0.2, -0.15) is 0 Å². The number of nitrogens with zero attached hydrogens (tertiary/aromatic N) is 1. The maximum Gasteiger partial charge on any atom is 0.250 e. The molecule has 0 radical (unpaired) electrons. The molecule has 0 aromatic heterocycles. The second-order valence-electron chi connectivity index (χ2n) is 6.97. The van der Waals surface area contributed by atoms with Gasteiger partial charge in [-0.15, -0.1) is 0 Å². The molecule has 4 rings (SSSR count). The Morgan fingerprint density at radius 2 is 1.96 bits per heavy atom. The number of rotatable bonds is 4. The van der Waals surface area contributed by atoms with E-state index in [9.17, 15) is 13.2 Å². The van der Waals surface area contributed by atoms with E-state index in [2.05, 4.69) is 5.32 Å². The third-order valence-electron chi connectivity index (χ3n) is 5.30. The number of benzene rings is 2. The lowest BCUT2D eigenvalue weighted by Gasteiger charge is -2.23. The number of anilines is 2. The first kappa shape index (κ1) is 18.1. The van der Waals surface area contributed by atoms with Crippen molar-refractivity contribution < 1.29 is 17.9 Å². The van der Waals surface area contributed by atoms with Crippen molar-refractivity contribution in [3.63, 3.8) is 0 Å². The Morgan fingerprint density at radius 1 is 1.26 bits per heavy atom. The van der Waals surface area contributed by atoms with Crippen LogP contribution in [0.4, 0.5) is 11.4 Å². The van der Waals surface area contributed by atoms with Gasteiger partial charge in [-0.25, -0.2) is 8.42 Å². The van der Waals surface area contributed by atoms with Gasteiger partial charge in [0.05, 0.1) is 17.8 Å². The molecular formula is C19H19ClN2O4S. The van der Waals surface area contributed by atoms with Crippen molar-refractivity contribution in [1.29, 1.82) is 0 Å². The van der Waals surface area contributed by atoms with Crippen molar-refractivity contribution in [3.05, 3.63) is 53.1 Å². The van der Waals surface area contributed by atoms with E-state index in [0.717, 1.165) is 5.56 Å². The number of amides is 1. The van der Waals surface area contributed by atoms with Crippen LogP contribution in [0.3, 0.4) is 0 Å². The van der Waals surface area contributed by atoms with Crippen LogP contribution in [0.2, 0.25) is 5.02 Å². The largest absolute Gasteiger partial charge is 0.495 e. The summed E-state index contributed by atoms with van der Waals surface area (Å²) in [5, 5.41) is 3.05. The summed E-state index contributed by atoms with van der Waals surface area (Å²) in [6.45, 7) is 2.26. The van der Waals surface area contributed by atoms with E-state index in [1.54, 1.807) is 30.3 Å². The van der Waals surface area contributed by atoms with Gasteiger partial charge in [0.15, 0.2) is 4.75 Å². The van der Waals surface area contributed by atoms with E-state index in [-0.39, 0.29) is 5.92 Å². The maximum atomic E-state index is 13.2. The molecule has 0 spiro atoms. The summed E-state index contributed by atoms with van der Waals surface area (Å²) in [5.41, 5.74) is 2.08. The van der Waals surface area contributed by atoms with Gasteiger partial charge in [0.25, 0.3) is 0 Å². The predicted molar refractivity (Wildman–Crippen MR) is 105 cm³/mol. The van der Waals surface area contributed by atoms with Crippen LogP contribution in [0.5, 0.6) is 5.75 Å². The molecule has 1 N–H and O–H groups in total. The Labute approximate surface area is 163 Å². The molecule has 142 valence electrons. The first-order valence-electron chi connectivity index (χ1n) is 8.53. The number of carbonyl (C=O) groups is 1. The molecule has 1 aliphatic carbocycles. The summed E-state index contributed by atoms with van der Waals surface area (Å²) in [6, 6.07) is 12.1. The standard InChI is InChI=1S/C19H19ClN2O4S/c1-12-3-6-15(7-4-12)22-11-13-10-19(13,27(22,24)25)18(23)21-14-5-8-17(26-2)16(20)9-14/h3-9,13H,10-11H2,1-2H3,(H,21,23)/t13-,19+/m0/s1. The molecular weight excluding hydrogens is 388 g/mol. The number of hydrogen-bond acceptors (Lipinski definition) is 4. The van der Waals surface area contributed by atoms with Gasteiger partial charge < -0.3 is 10.1 Å². The third kappa shape index (κ3) is 2.68. The fraction of sp³-hybridized carbons (Fsp3) is 0.316. The van der Waals surface area contributed by atoms with Crippen LogP contribution in [0, 0.1) is 12.8 Å².